The molecule has 1 aliphatic carbocycles. The fourth-order valence-electron chi connectivity index (χ4n) is 0.939. The van der Waals surface area contributed by atoms with Crippen LogP contribution in [0.1, 0.15) is 15.2 Å². The number of ketones is 2. The normalized spacial score (nSPS) is 15.3. The van der Waals surface area contributed by atoms with Gasteiger partial charge in [-0.3, -0.25) is 9.59 Å². The van der Waals surface area contributed by atoms with E-state index in [1.807, 2.05) is 0 Å². The first-order valence-electron chi connectivity index (χ1n) is 3.05. The minimum Gasteiger partial charge on any atom is -0.285 e. The van der Waals surface area contributed by atoms with E-state index < -0.39 is 11.6 Å². The van der Waals surface area contributed by atoms with E-state index in [1.165, 1.54) is 11.3 Å². The number of carbonyl (C=O) groups is 2. The number of thiophene rings is 1. The summed E-state index contributed by atoms with van der Waals surface area (Å²) in [6.45, 7) is 0. The van der Waals surface area contributed by atoms with Gasteiger partial charge in [0.05, 0.1) is 0 Å². The van der Waals surface area contributed by atoms with Gasteiger partial charge in [0, 0.05) is 16.5 Å². The summed E-state index contributed by atoms with van der Waals surface area (Å²) in [6, 6.07) is 1.66. The summed E-state index contributed by atoms with van der Waals surface area (Å²) in [5.74, 6) is -0.986. The molecule has 0 fully saturated rings. The second-order valence-electron chi connectivity index (χ2n) is 2.15. The Morgan fingerprint density at radius 2 is 2.18 bits per heavy atom. The third kappa shape index (κ3) is 0.851. The number of carbonyl (C=O) groups excluding carboxylic acids is 2. The Balaban J connectivity index is 2.66. The van der Waals surface area contributed by atoms with Gasteiger partial charge in [-0.2, -0.15) is 0 Å². The van der Waals surface area contributed by atoms with Crippen molar-refractivity contribution >= 4 is 29.0 Å². The third-order valence-electron chi connectivity index (χ3n) is 1.48. The molecule has 2 nitrogen and oxygen atoms in total. The second kappa shape index (κ2) is 2.13. The van der Waals surface area contributed by atoms with E-state index in [-0.39, 0.29) is 0 Å². The molecule has 0 unspecified atom stereocenters. The van der Waals surface area contributed by atoms with E-state index in [4.69, 9.17) is 0 Å². The number of rotatable bonds is 0. The summed E-state index contributed by atoms with van der Waals surface area (Å²) in [5.41, 5.74) is 0.513. The van der Waals surface area contributed by atoms with E-state index in [9.17, 15) is 9.59 Å². The van der Waals surface area contributed by atoms with E-state index in [0.717, 1.165) is 4.88 Å². The van der Waals surface area contributed by atoms with Crippen molar-refractivity contribution in [2.75, 3.05) is 0 Å². The maximum absolute atomic E-state index is 11.1. The molecule has 0 amide bonds. The molecule has 1 aromatic rings. The maximum atomic E-state index is 11.1. The number of allylic oxidation sites excluding steroid dienone is 1. The molecule has 0 saturated carbocycles. The van der Waals surface area contributed by atoms with Crippen LogP contribution in [-0.4, -0.2) is 11.6 Å². The molecule has 0 atom stereocenters. The van der Waals surface area contributed by atoms with Crippen LogP contribution in [-0.2, 0) is 4.79 Å². The molecule has 0 aliphatic heterocycles. The molecular formula is C8H3O2S. The van der Waals surface area contributed by atoms with Crippen molar-refractivity contribution in [2.24, 2.45) is 0 Å². The Bertz CT molecular complexity index is 360. The Labute approximate surface area is 67.2 Å². The zero-order chi connectivity index (χ0) is 7.84. The molecule has 1 radical (unpaired) electrons. The first kappa shape index (κ1) is 6.49. The number of Topliss-reactive ketones (excluding diaryl/α,β-unsaturated/α-hetero) is 2. The smallest absolute Gasteiger partial charge is 0.234 e. The van der Waals surface area contributed by atoms with Crippen molar-refractivity contribution in [2.45, 2.75) is 0 Å². The highest BCUT2D eigenvalue weighted by Crippen LogP contribution is 2.22. The van der Waals surface area contributed by atoms with Crippen molar-refractivity contribution in [1.82, 2.24) is 0 Å². The van der Waals surface area contributed by atoms with Gasteiger partial charge in [-0.25, -0.2) is 0 Å². The van der Waals surface area contributed by atoms with Crippen LogP contribution in [0.4, 0.5) is 0 Å². The van der Waals surface area contributed by atoms with Crippen LogP contribution in [0.25, 0.3) is 6.08 Å². The van der Waals surface area contributed by atoms with Crippen LogP contribution in [0.5, 0.6) is 0 Å². The van der Waals surface area contributed by atoms with Gasteiger partial charge in [0.1, 0.15) is 0 Å². The predicted octanol–water partition coefficient (Wildman–Crippen LogP) is 1.33. The lowest BCUT2D eigenvalue weighted by atomic mass is 10.0. The fourth-order valence-corrected chi connectivity index (χ4v) is 1.70. The van der Waals surface area contributed by atoms with Crippen LogP contribution >= 0.6 is 11.3 Å². The minimum absolute atomic E-state index is 0.441. The Morgan fingerprint density at radius 1 is 1.36 bits per heavy atom. The van der Waals surface area contributed by atoms with Crippen molar-refractivity contribution in [3.8, 4) is 0 Å². The molecule has 0 N–H and O–H groups in total. The fraction of sp³-hybridized carbons (Fsp3) is 0. The first-order valence-corrected chi connectivity index (χ1v) is 3.93. The van der Waals surface area contributed by atoms with Gasteiger partial charge in [0.2, 0.25) is 11.6 Å². The Kier molecular flexibility index (Phi) is 1.26. The van der Waals surface area contributed by atoms with Gasteiger partial charge in [-0.15, -0.1) is 11.3 Å². The van der Waals surface area contributed by atoms with Gasteiger partial charge in [0.15, 0.2) is 0 Å². The summed E-state index contributed by atoms with van der Waals surface area (Å²) in [6.07, 6.45) is 3.93. The van der Waals surface area contributed by atoms with E-state index in [1.54, 1.807) is 17.5 Å². The van der Waals surface area contributed by atoms with Crippen LogP contribution in [0.2, 0.25) is 0 Å². The summed E-state index contributed by atoms with van der Waals surface area (Å²) in [5, 5.41) is 1.79. The van der Waals surface area contributed by atoms with Crippen molar-refractivity contribution in [3.63, 3.8) is 0 Å². The predicted molar refractivity (Wildman–Crippen MR) is 41.4 cm³/mol. The SMILES string of the molecule is O=C1[C]=Cc2sccc2C1=O. The van der Waals surface area contributed by atoms with Gasteiger partial charge in [-0.1, -0.05) is 0 Å². The molecule has 11 heavy (non-hydrogen) atoms. The quantitative estimate of drug-likeness (QED) is 0.541. The third-order valence-corrected chi connectivity index (χ3v) is 2.34. The molecule has 0 aromatic carbocycles. The Hall–Kier alpha value is -1.22. The molecule has 0 bridgehead atoms. The highest BCUT2D eigenvalue weighted by molar-refractivity contribution is 7.11. The second-order valence-corrected chi connectivity index (χ2v) is 3.09. The molecular weight excluding hydrogens is 160 g/mol. The van der Waals surface area contributed by atoms with E-state index in [2.05, 4.69) is 6.08 Å². The zero-order valence-electron chi connectivity index (χ0n) is 5.46. The number of hydrogen-bond donors (Lipinski definition) is 0. The monoisotopic (exact) mass is 163 g/mol. The summed E-state index contributed by atoms with van der Waals surface area (Å²) >= 11 is 1.44. The lowest BCUT2D eigenvalue weighted by Gasteiger charge is -1.99. The molecule has 2 rings (SSSR count). The molecule has 3 heteroatoms. The molecule has 0 spiro atoms. The highest BCUT2D eigenvalue weighted by Gasteiger charge is 2.21. The zero-order valence-corrected chi connectivity index (χ0v) is 6.27. The number of hydrogen-bond acceptors (Lipinski definition) is 3. The van der Waals surface area contributed by atoms with Gasteiger partial charge in [-0.05, 0) is 17.5 Å². The molecule has 0 saturated heterocycles. The van der Waals surface area contributed by atoms with Crippen LogP contribution in [0, 0.1) is 6.08 Å². The summed E-state index contributed by atoms with van der Waals surface area (Å²) < 4.78 is 0. The average molecular weight is 163 g/mol. The summed E-state index contributed by atoms with van der Waals surface area (Å²) in [4.78, 5) is 22.6. The molecule has 1 aromatic heterocycles. The molecule has 1 aliphatic rings. The lowest BCUT2D eigenvalue weighted by Crippen LogP contribution is -2.14. The number of fused-ring (bicyclic) bond motifs is 1. The minimum atomic E-state index is -0.545. The highest BCUT2D eigenvalue weighted by atomic mass is 32.1. The topological polar surface area (TPSA) is 34.1 Å². The van der Waals surface area contributed by atoms with Crippen LogP contribution < -0.4 is 0 Å². The molecule has 1 heterocycles. The average Bonchev–Trinajstić information content (AvgIpc) is 2.45. The summed E-state index contributed by atoms with van der Waals surface area (Å²) in [7, 11) is 0. The van der Waals surface area contributed by atoms with Crippen LogP contribution in [0.3, 0.4) is 0 Å². The van der Waals surface area contributed by atoms with Crippen LogP contribution in [0.15, 0.2) is 11.4 Å². The lowest BCUT2D eigenvalue weighted by molar-refractivity contribution is -0.111. The molecule has 53 valence electrons. The van der Waals surface area contributed by atoms with E-state index in [0.29, 0.717) is 5.56 Å². The van der Waals surface area contributed by atoms with Crippen molar-refractivity contribution < 1.29 is 9.59 Å². The first-order chi connectivity index (χ1) is 5.29. The largest absolute Gasteiger partial charge is 0.285 e. The van der Waals surface area contributed by atoms with Crippen molar-refractivity contribution in [1.29, 1.82) is 0 Å². The van der Waals surface area contributed by atoms with Gasteiger partial charge in [0.25, 0.3) is 0 Å². The van der Waals surface area contributed by atoms with Gasteiger partial charge >= 0.3 is 0 Å². The van der Waals surface area contributed by atoms with Crippen molar-refractivity contribution in [3.05, 3.63) is 28.0 Å². The van der Waals surface area contributed by atoms with Gasteiger partial charge < -0.3 is 0 Å². The maximum Gasteiger partial charge on any atom is 0.234 e. The Morgan fingerprint density at radius 3 is 3.00 bits per heavy atom. The standard InChI is InChI=1S/C8H3O2S/c9-6-1-2-7-5(8(6)10)3-4-11-7/h2-4H. The van der Waals surface area contributed by atoms with E-state index >= 15 is 0 Å².